The second-order valence-electron chi connectivity index (χ2n) is 4.26. The van der Waals surface area contributed by atoms with Crippen molar-refractivity contribution in [3.05, 3.63) is 46.1 Å². The number of hydrogen-bond acceptors (Lipinski definition) is 1. The van der Waals surface area contributed by atoms with Gasteiger partial charge >= 0.3 is 6.39 Å². The largest absolute Gasteiger partial charge is 0.409 e. The lowest BCUT2D eigenvalue weighted by Crippen LogP contribution is -2.34. The Bertz CT molecular complexity index is 526. The van der Waals surface area contributed by atoms with Crippen LogP contribution in [-0.2, 0) is 0 Å². The minimum atomic E-state index is 0.334. The molecular formula is C13H14Cl2NO+. The van der Waals surface area contributed by atoms with E-state index in [1.165, 1.54) is 0 Å². The number of para-hydroxylation sites is 1. The quantitative estimate of drug-likeness (QED) is 0.744. The second kappa shape index (κ2) is 4.71. The van der Waals surface area contributed by atoms with Crippen LogP contribution in [0.15, 0.2) is 29.0 Å². The molecule has 2 aromatic rings. The van der Waals surface area contributed by atoms with Crippen molar-refractivity contribution in [2.45, 2.75) is 26.7 Å². The molecule has 0 aliphatic rings. The van der Waals surface area contributed by atoms with Gasteiger partial charge in [0.2, 0.25) is 5.69 Å². The van der Waals surface area contributed by atoms with Crippen molar-refractivity contribution in [3.63, 3.8) is 0 Å². The molecule has 0 radical (unpaired) electrons. The molecular weight excluding hydrogens is 257 g/mol. The molecule has 0 N–H and O–H groups in total. The highest BCUT2D eigenvalue weighted by Gasteiger charge is 2.27. The Morgan fingerprint density at radius 1 is 1.18 bits per heavy atom. The molecule has 0 aliphatic heterocycles. The zero-order valence-corrected chi connectivity index (χ0v) is 11.5. The maximum Gasteiger partial charge on any atom is 0.340 e. The van der Waals surface area contributed by atoms with Gasteiger partial charge in [-0.25, -0.2) is 0 Å². The van der Waals surface area contributed by atoms with Gasteiger partial charge in [-0.3, -0.25) is 0 Å². The maximum atomic E-state index is 6.20. The van der Waals surface area contributed by atoms with Crippen LogP contribution in [0.25, 0.3) is 5.69 Å². The van der Waals surface area contributed by atoms with Gasteiger partial charge in [0.25, 0.3) is 5.69 Å². The third kappa shape index (κ3) is 2.20. The standard InChI is InChI=1S/C13H14Cl2NO/c1-8(2)12-9(3)17-7-16(12)13-10(14)5-4-6-11(13)15/h4-8H,1-3H3/q+1. The molecule has 2 rings (SSSR count). The smallest absolute Gasteiger partial charge is 0.340 e. The number of halogens is 2. The van der Waals surface area contributed by atoms with Crippen molar-refractivity contribution in [1.29, 1.82) is 0 Å². The summed E-state index contributed by atoms with van der Waals surface area (Å²) in [5.41, 5.74) is 1.86. The molecule has 4 heteroatoms. The van der Waals surface area contributed by atoms with Crippen LogP contribution in [0, 0.1) is 6.92 Å². The zero-order chi connectivity index (χ0) is 12.6. The molecule has 0 saturated heterocycles. The third-order valence-electron chi connectivity index (χ3n) is 2.68. The van der Waals surface area contributed by atoms with Crippen LogP contribution in [0.4, 0.5) is 0 Å². The van der Waals surface area contributed by atoms with Crippen molar-refractivity contribution >= 4 is 23.2 Å². The summed E-state index contributed by atoms with van der Waals surface area (Å²) < 4.78 is 7.39. The number of aromatic nitrogens is 1. The monoisotopic (exact) mass is 270 g/mol. The van der Waals surface area contributed by atoms with E-state index < -0.39 is 0 Å². The number of hydrogen-bond donors (Lipinski definition) is 0. The normalized spacial score (nSPS) is 11.2. The van der Waals surface area contributed by atoms with E-state index in [2.05, 4.69) is 13.8 Å². The SMILES string of the molecule is Cc1oc[n+](-c2c(Cl)cccc2Cl)c1C(C)C. The fourth-order valence-corrected chi connectivity index (χ4v) is 2.58. The number of rotatable bonds is 2. The van der Waals surface area contributed by atoms with E-state index in [-0.39, 0.29) is 0 Å². The Morgan fingerprint density at radius 2 is 1.76 bits per heavy atom. The van der Waals surface area contributed by atoms with Gasteiger partial charge in [-0.05, 0) is 12.1 Å². The van der Waals surface area contributed by atoms with E-state index in [0.29, 0.717) is 16.0 Å². The third-order valence-corrected chi connectivity index (χ3v) is 3.29. The van der Waals surface area contributed by atoms with Gasteiger partial charge in [0.05, 0.1) is 0 Å². The molecule has 2 nitrogen and oxygen atoms in total. The molecule has 1 aromatic carbocycles. The molecule has 0 saturated carbocycles. The fourth-order valence-electron chi connectivity index (χ4n) is 2.00. The van der Waals surface area contributed by atoms with Crippen molar-refractivity contribution in [2.24, 2.45) is 0 Å². The van der Waals surface area contributed by atoms with Crippen molar-refractivity contribution in [2.75, 3.05) is 0 Å². The topological polar surface area (TPSA) is 17.0 Å². The molecule has 0 spiro atoms. The van der Waals surface area contributed by atoms with Crippen LogP contribution in [0.2, 0.25) is 10.0 Å². The summed E-state index contributed by atoms with van der Waals surface area (Å²) in [6.07, 6.45) is 1.65. The summed E-state index contributed by atoms with van der Waals surface area (Å²) in [5, 5.41) is 1.23. The van der Waals surface area contributed by atoms with Gasteiger partial charge in [0.15, 0.2) is 5.76 Å². The highest BCUT2D eigenvalue weighted by atomic mass is 35.5. The summed E-state index contributed by atoms with van der Waals surface area (Å²) in [5.74, 6) is 1.22. The van der Waals surface area contributed by atoms with E-state index in [1.807, 2.05) is 29.7 Å². The summed E-state index contributed by atoms with van der Waals surface area (Å²) in [6.45, 7) is 6.16. The molecule has 0 bridgehead atoms. The molecule has 1 aromatic heterocycles. The Balaban J connectivity index is 2.69. The molecule has 0 atom stereocenters. The van der Waals surface area contributed by atoms with Crippen molar-refractivity contribution in [1.82, 2.24) is 0 Å². The number of benzene rings is 1. The summed E-state index contributed by atoms with van der Waals surface area (Å²) in [4.78, 5) is 0. The second-order valence-corrected chi connectivity index (χ2v) is 5.07. The Kier molecular flexibility index (Phi) is 3.45. The van der Waals surface area contributed by atoms with Crippen LogP contribution in [0.5, 0.6) is 0 Å². The van der Waals surface area contributed by atoms with Gasteiger partial charge in [0, 0.05) is 12.8 Å². The van der Waals surface area contributed by atoms with Gasteiger partial charge in [0.1, 0.15) is 10.0 Å². The lowest BCUT2D eigenvalue weighted by atomic mass is 10.1. The van der Waals surface area contributed by atoms with Crippen LogP contribution < -0.4 is 4.57 Å². The molecule has 0 unspecified atom stereocenters. The first-order chi connectivity index (χ1) is 8.02. The summed E-state index contributed by atoms with van der Waals surface area (Å²) in [7, 11) is 0. The average Bonchev–Trinajstić information content (AvgIpc) is 2.60. The van der Waals surface area contributed by atoms with Crippen LogP contribution in [-0.4, -0.2) is 0 Å². The first-order valence-corrected chi connectivity index (χ1v) is 6.22. The highest BCUT2D eigenvalue weighted by molar-refractivity contribution is 6.37. The lowest BCUT2D eigenvalue weighted by Gasteiger charge is -2.03. The minimum absolute atomic E-state index is 0.334. The Labute approximate surface area is 111 Å². The van der Waals surface area contributed by atoms with Crippen molar-refractivity contribution in [3.8, 4) is 5.69 Å². The van der Waals surface area contributed by atoms with Crippen LogP contribution in [0.3, 0.4) is 0 Å². The van der Waals surface area contributed by atoms with E-state index >= 15 is 0 Å². The van der Waals surface area contributed by atoms with Gasteiger partial charge in [-0.2, -0.15) is 0 Å². The van der Waals surface area contributed by atoms with Crippen LogP contribution >= 0.6 is 23.2 Å². The Morgan fingerprint density at radius 3 is 2.29 bits per heavy atom. The highest BCUT2D eigenvalue weighted by Crippen LogP contribution is 2.27. The van der Waals surface area contributed by atoms with E-state index in [9.17, 15) is 0 Å². The van der Waals surface area contributed by atoms with E-state index in [1.54, 1.807) is 6.39 Å². The molecule has 0 amide bonds. The summed E-state index contributed by atoms with van der Waals surface area (Å²) in [6, 6.07) is 5.47. The molecule has 90 valence electrons. The predicted octanol–water partition coefficient (Wildman–Crippen LogP) is 4.29. The predicted molar refractivity (Wildman–Crippen MR) is 69.1 cm³/mol. The fraction of sp³-hybridized carbons (Fsp3) is 0.308. The molecule has 17 heavy (non-hydrogen) atoms. The zero-order valence-electron chi connectivity index (χ0n) is 10.00. The average molecular weight is 271 g/mol. The Hall–Kier alpha value is -0.990. The summed E-state index contributed by atoms with van der Waals surface area (Å²) >= 11 is 12.4. The first kappa shape index (κ1) is 12.5. The van der Waals surface area contributed by atoms with E-state index in [4.69, 9.17) is 27.6 Å². The lowest BCUT2D eigenvalue weighted by molar-refractivity contribution is -0.608. The van der Waals surface area contributed by atoms with Crippen molar-refractivity contribution < 1.29 is 8.98 Å². The minimum Gasteiger partial charge on any atom is -0.409 e. The molecule has 0 fully saturated rings. The van der Waals surface area contributed by atoms with E-state index in [0.717, 1.165) is 17.1 Å². The maximum absolute atomic E-state index is 6.20. The van der Waals surface area contributed by atoms with Gasteiger partial charge < -0.3 is 4.42 Å². The van der Waals surface area contributed by atoms with Gasteiger partial charge in [-0.1, -0.05) is 43.1 Å². The van der Waals surface area contributed by atoms with Gasteiger partial charge in [-0.15, -0.1) is 4.57 Å². The molecule has 1 heterocycles. The number of oxazole rings is 1. The first-order valence-electron chi connectivity index (χ1n) is 5.46. The number of aryl methyl sites for hydroxylation is 1. The number of nitrogens with zero attached hydrogens (tertiary/aromatic N) is 1. The molecule has 0 aliphatic carbocycles. The van der Waals surface area contributed by atoms with Crippen LogP contribution in [0.1, 0.15) is 31.2 Å².